The maximum absolute atomic E-state index is 12.6. The fraction of sp³-hybridized carbons (Fsp3) is 0.625. The zero-order chi connectivity index (χ0) is 15.0. The zero-order valence-electron chi connectivity index (χ0n) is 12.7. The van der Waals surface area contributed by atoms with Gasteiger partial charge in [0.2, 0.25) is 10.0 Å². The van der Waals surface area contributed by atoms with Crippen LogP contribution in [0.1, 0.15) is 38.7 Å². The number of benzene rings is 1. The monoisotopic (exact) mass is 308 g/mol. The van der Waals surface area contributed by atoms with Gasteiger partial charge in [-0.25, -0.2) is 13.1 Å². The first-order valence-corrected chi connectivity index (χ1v) is 9.38. The van der Waals surface area contributed by atoms with Crippen molar-refractivity contribution in [2.75, 3.05) is 11.9 Å². The van der Waals surface area contributed by atoms with Crippen LogP contribution >= 0.6 is 0 Å². The smallest absolute Gasteiger partial charge is 0.240 e. The Bertz CT molecular complexity index is 627. The van der Waals surface area contributed by atoms with E-state index in [1.54, 1.807) is 6.07 Å². The van der Waals surface area contributed by atoms with E-state index in [1.165, 1.54) is 0 Å². The highest BCUT2D eigenvalue weighted by molar-refractivity contribution is 7.89. The van der Waals surface area contributed by atoms with E-state index < -0.39 is 10.0 Å². The lowest BCUT2D eigenvalue weighted by molar-refractivity contribution is 0.368. The second-order valence-corrected chi connectivity index (χ2v) is 8.04. The molecule has 21 heavy (non-hydrogen) atoms. The van der Waals surface area contributed by atoms with E-state index in [4.69, 9.17) is 0 Å². The maximum atomic E-state index is 12.6. The summed E-state index contributed by atoms with van der Waals surface area (Å²) in [4.78, 5) is 0.400. The van der Waals surface area contributed by atoms with Gasteiger partial charge in [0, 0.05) is 18.3 Å². The molecule has 1 aromatic carbocycles. The van der Waals surface area contributed by atoms with Crippen molar-refractivity contribution in [3.63, 3.8) is 0 Å². The molecule has 0 aromatic heterocycles. The summed E-state index contributed by atoms with van der Waals surface area (Å²) in [5.41, 5.74) is 2.16. The highest BCUT2D eigenvalue weighted by Crippen LogP contribution is 2.35. The molecule has 0 radical (unpaired) electrons. The molecule has 3 rings (SSSR count). The topological polar surface area (TPSA) is 58.2 Å². The Labute approximate surface area is 127 Å². The Morgan fingerprint density at radius 1 is 1.33 bits per heavy atom. The molecule has 1 heterocycles. The van der Waals surface area contributed by atoms with Crippen LogP contribution in [0.4, 0.5) is 5.69 Å². The van der Waals surface area contributed by atoms with Crippen LogP contribution in [0.3, 0.4) is 0 Å². The predicted octanol–water partition coefficient (Wildman–Crippen LogP) is 2.76. The van der Waals surface area contributed by atoms with Gasteiger partial charge in [-0.3, -0.25) is 0 Å². The van der Waals surface area contributed by atoms with Crippen LogP contribution in [0.5, 0.6) is 0 Å². The molecule has 0 saturated heterocycles. The molecule has 1 fully saturated rings. The van der Waals surface area contributed by atoms with Crippen molar-refractivity contribution < 1.29 is 8.42 Å². The second kappa shape index (κ2) is 5.61. The van der Waals surface area contributed by atoms with Gasteiger partial charge in [-0.1, -0.05) is 20.3 Å². The van der Waals surface area contributed by atoms with Crippen LogP contribution in [0, 0.1) is 11.8 Å². The molecule has 2 N–H and O–H groups in total. The average molecular weight is 308 g/mol. The van der Waals surface area contributed by atoms with Crippen LogP contribution in [-0.4, -0.2) is 21.0 Å². The highest BCUT2D eigenvalue weighted by Gasteiger charge is 2.34. The minimum atomic E-state index is -3.41. The molecule has 1 aliphatic carbocycles. The van der Waals surface area contributed by atoms with Crippen molar-refractivity contribution >= 4 is 15.7 Å². The van der Waals surface area contributed by atoms with Crippen molar-refractivity contribution in [3.8, 4) is 0 Å². The first-order chi connectivity index (χ1) is 10.0. The largest absolute Gasteiger partial charge is 0.384 e. The third kappa shape index (κ3) is 2.81. The first-order valence-electron chi connectivity index (χ1n) is 7.90. The van der Waals surface area contributed by atoms with Gasteiger partial charge in [-0.05, 0) is 54.9 Å². The Morgan fingerprint density at radius 3 is 2.86 bits per heavy atom. The van der Waals surface area contributed by atoms with Crippen molar-refractivity contribution in [1.29, 1.82) is 0 Å². The van der Waals surface area contributed by atoms with Gasteiger partial charge < -0.3 is 5.32 Å². The standard InChI is InChI=1S/C16H24N2O2S/c1-3-12-4-6-15(11(12)2)18-21(19,20)14-5-7-16-13(10-14)8-9-17-16/h5,7,10-12,15,17-18H,3-4,6,8-9H2,1-2H3. The number of fused-ring (bicyclic) bond motifs is 1. The third-order valence-corrected chi connectivity index (χ3v) is 6.64. The molecule has 1 saturated carbocycles. The molecule has 3 atom stereocenters. The lowest BCUT2D eigenvalue weighted by atomic mass is 9.94. The fourth-order valence-electron chi connectivity index (χ4n) is 3.71. The molecule has 1 aromatic rings. The SMILES string of the molecule is CCC1CCC(NS(=O)(=O)c2ccc3c(c2)CCN3)C1C. The van der Waals surface area contributed by atoms with Crippen LogP contribution in [0.15, 0.2) is 23.1 Å². The molecule has 2 aliphatic rings. The first kappa shape index (κ1) is 14.9. The minimum absolute atomic E-state index is 0.0753. The van der Waals surface area contributed by atoms with E-state index in [0.29, 0.717) is 16.7 Å². The van der Waals surface area contributed by atoms with Crippen molar-refractivity contribution in [2.45, 2.75) is 50.5 Å². The van der Waals surface area contributed by atoms with Gasteiger partial charge in [0.15, 0.2) is 0 Å². The van der Waals surface area contributed by atoms with E-state index in [2.05, 4.69) is 23.9 Å². The number of hydrogen-bond donors (Lipinski definition) is 2. The van der Waals surface area contributed by atoms with Gasteiger partial charge in [0.1, 0.15) is 0 Å². The van der Waals surface area contributed by atoms with Gasteiger partial charge in [0.25, 0.3) is 0 Å². The van der Waals surface area contributed by atoms with Crippen molar-refractivity contribution in [1.82, 2.24) is 4.72 Å². The van der Waals surface area contributed by atoms with E-state index in [-0.39, 0.29) is 6.04 Å². The summed E-state index contributed by atoms with van der Waals surface area (Å²) >= 11 is 0. The van der Waals surface area contributed by atoms with Crippen LogP contribution in [0.25, 0.3) is 0 Å². The molecule has 1 aliphatic heterocycles. The lowest BCUT2D eigenvalue weighted by Crippen LogP contribution is -2.37. The van der Waals surface area contributed by atoms with E-state index in [1.807, 2.05) is 12.1 Å². The summed E-state index contributed by atoms with van der Waals surface area (Å²) < 4.78 is 28.1. The molecule has 0 bridgehead atoms. The van der Waals surface area contributed by atoms with E-state index >= 15 is 0 Å². The highest BCUT2D eigenvalue weighted by atomic mass is 32.2. The fourth-order valence-corrected chi connectivity index (χ4v) is 5.12. The molecule has 0 spiro atoms. The van der Waals surface area contributed by atoms with Gasteiger partial charge >= 0.3 is 0 Å². The Kier molecular flexibility index (Phi) is 3.97. The Balaban J connectivity index is 1.78. The van der Waals surface area contributed by atoms with E-state index in [0.717, 1.165) is 43.5 Å². The van der Waals surface area contributed by atoms with Gasteiger partial charge in [-0.2, -0.15) is 0 Å². The number of hydrogen-bond acceptors (Lipinski definition) is 3. The molecule has 3 unspecified atom stereocenters. The van der Waals surface area contributed by atoms with Crippen LogP contribution in [0.2, 0.25) is 0 Å². The molecular weight excluding hydrogens is 284 g/mol. The summed E-state index contributed by atoms with van der Waals surface area (Å²) in [5.74, 6) is 1.06. The molecule has 116 valence electrons. The van der Waals surface area contributed by atoms with Crippen LogP contribution in [-0.2, 0) is 16.4 Å². The zero-order valence-corrected chi connectivity index (χ0v) is 13.5. The summed E-state index contributed by atoms with van der Waals surface area (Å²) in [6.07, 6.45) is 4.10. The quantitative estimate of drug-likeness (QED) is 0.899. The summed E-state index contributed by atoms with van der Waals surface area (Å²) in [5, 5.41) is 3.26. The molecule has 4 nitrogen and oxygen atoms in total. The second-order valence-electron chi connectivity index (χ2n) is 6.33. The number of anilines is 1. The number of sulfonamides is 1. The molecular formula is C16H24N2O2S. The Morgan fingerprint density at radius 2 is 2.14 bits per heavy atom. The third-order valence-electron chi connectivity index (χ3n) is 5.15. The van der Waals surface area contributed by atoms with Gasteiger partial charge in [-0.15, -0.1) is 0 Å². The van der Waals surface area contributed by atoms with Gasteiger partial charge in [0.05, 0.1) is 4.90 Å². The summed E-state index contributed by atoms with van der Waals surface area (Å²) in [7, 11) is -3.41. The number of rotatable bonds is 4. The maximum Gasteiger partial charge on any atom is 0.240 e. The molecule has 5 heteroatoms. The van der Waals surface area contributed by atoms with Crippen molar-refractivity contribution in [3.05, 3.63) is 23.8 Å². The van der Waals surface area contributed by atoms with Crippen LogP contribution < -0.4 is 10.0 Å². The lowest BCUT2D eigenvalue weighted by Gasteiger charge is -2.21. The average Bonchev–Trinajstić information content (AvgIpc) is 3.05. The van der Waals surface area contributed by atoms with E-state index in [9.17, 15) is 8.42 Å². The number of nitrogens with one attached hydrogen (secondary N) is 2. The minimum Gasteiger partial charge on any atom is -0.384 e. The Hall–Kier alpha value is -1.07. The molecule has 0 amide bonds. The summed E-state index contributed by atoms with van der Waals surface area (Å²) in [6, 6.07) is 5.47. The van der Waals surface area contributed by atoms with Crippen molar-refractivity contribution in [2.24, 2.45) is 11.8 Å². The predicted molar refractivity (Wildman–Crippen MR) is 84.9 cm³/mol. The summed E-state index contributed by atoms with van der Waals surface area (Å²) in [6.45, 7) is 5.25. The normalized spacial score (nSPS) is 28.4.